The summed E-state index contributed by atoms with van der Waals surface area (Å²) in [5.74, 6) is -1.62. The maximum absolute atomic E-state index is 13.9. The molecule has 2 saturated heterocycles. The fourth-order valence-electron chi connectivity index (χ4n) is 5.83. The van der Waals surface area contributed by atoms with Crippen LogP contribution in [0.2, 0.25) is 5.02 Å². The van der Waals surface area contributed by atoms with Crippen molar-refractivity contribution in [3.05, 3.63) is 117 Å². The maximum Gasteiger partial charge on any atom is 0.158 e. The molecule has 0 spiro atoms. The van der Waals surface area contributed by atoms with Gasteiger partial charge >= 0.3 is 0 Å². The topological polar surface area (TPSA) is 60.9 Å². The van der Waals surface area contributed by atoms with Crippen LogP contribution in [-0.2, 0) is 9.84 Å². The van der Waals surface area contributed by atoms with E-state index in [1.54, 1.807) is 6.08 Å². The zero-order valence-electron chi connectivity index (χ0n) is 22.3. The monoisotopic (exact) mass is 586 g/mol. The highest BCUT2D eigenvalue weighted by Crippen LogP contribution is 2.37. The van der Waals surface area contributed by atoms with Gasteiger partial charge in [-0.3, -0.25) is 9.80 Å². The molecule has 0 radical (unpaired) electrons. The van der Waals surface area contributed by atoms with Gasteiger partial charge in [0.1, 0.15) is 16.9 Å². The lowest BCUT2D eigenvalue weighted by molar-refractivity contribution is 0.147. The summed E-state index contributed by atoms with van der Waals surface area (Å²) >= 11 is 6.17. The smallest absolute Gasteiger partial charge is 0.158 e. The van der Waals surface area contributed by atoms with Crippen molar-refractivity contribution in [3.63, 3.8) is 0 Å². The van der Waals surface area contributed by atoms with E-state index in [-0.39, 0.29) is 24.3 Å². The van der Waals surface area contributed by atoms with E-state index in [4.69, 9.17) is 11.6 Å². The zero-order valence-corrected chi connectivity index (χ0v) is 23.9. The molecular formula is C31H33ClF2N2O3S. The number of likely N-dealkylation sites (tertiary alicyclic amines) is 2. The van der Waals surface area contributed by atoms with Crippen LogP contribution in [0.25, 0.3) is 0 Å². The zero-order chi connectivity index (χ0) is 28.4. The van der Waals surface area contributed by atoms with E-state index in [2.05, 4.69) is 34.1 Å². The summed E-state index contributed by atoms with van der Waals surface area (Å²) in [5, 5.41) is 9.58. The number of hydrogen-bond donors (Lipinski definition) is 1. The normalized spacial score (nSPS) is 18.8. The molecule has 3 atom stereocenters. The molecule has 5 nitrogen and oxygen atoms in total. The second-order valence-corrected chi connectivity index (χ2v) is 13.3. The molecule has 0 aromatic heterocycles. The first-order valence-electron chi connectivity index (χ1n) is 13.4. The number of halogens is 3. The predicted octanol–water partition coefficient (Wildman–Crippen LogP) is 5.86. The minimum Gasteiger partial charge on any atom is -0.394 e. The van der Waals surface area contributed by atoms with E-state index in [9.17, 15) is 22.3 Å². The Hall–Kier alpha value is -2.62. The maximum atomic E-state index is 13.9. The number of nitrogens with zero attached hydrogens (tertiary/aromatic N) is 2. The molecule has 1 N–H and O–H groups in total. The highest BCUT2D eigenvalue weighted by molar-refractivity contribution is 7.91. The second-order valence-electron chi connectivity index (χ2n) is 10.7. The van der Waals surface area contributed by atoms with Crippen LogP contribution in [0, 0.1) is 11.6 Å². The van der Waals surface area contributed by atoms with E-state index in [1.165, 1.54) is 0 Å². The largest absolute Gasteiger partial charge is 0.394 e. The van der Waals surface area contributed by atoms with Crippen molar-refractivity contribution in [2.45, 2.75) is 30.2 Å². The van der Waals surface area contributed by atoms with Gasteiger partial charge in [0, 0.05) is 30.4 Å². The third-order valence-corrected chi connectivity index (χ3v) is 9.40. The van der Waals surface area contributed by atoms with Crippen molar-refractivity contribution in [1.29, 1.82) is 0 Å². The third-order valence-electron chi connectivity index (χ3n) is 7.82. The number of aliphatic hydroxyl groups excluding tert-OH is 1. The van der Waals surface area contributed by atoms with Crippen molar-refractivity contribution in [2.75, 3.05) is 39.0 Å². The molecule has 0 amide bonds. The van der Waals surface area contributed by atoms with Gasteiger partial charge in [0.2, 0.25) is 0 Å². The molecule has 3 aromatic rings. The lowest BCUT2D eigenvalue weighted by atomic mass is 9.91. The first-order valence-corrected chi connectivity index (χ1v) is 15.7. The average molecular weight is 587 g/mol. The molecule has 0 aliphatic carbocycles. The van der Waals surface area contributed by atoms with Crippen LogP contribution in [0.4, 0.5) is 8.78 Å². The average Bonchev–Trinajstić information content (AvgIpc) is 3.40. The molecule has 0 saturated carbocycles. The van der Waals surface area contributed by atoms with E-state index in [1.807, 2.05) is 24.3 Å². The van der Waals surface area contributed by atoms with Crippen LogP contribution >= 0.6 is 11.6 Å². The van der Waals surface area contributed by atoms with E-state index in [0.717, 1.165) is 72.6 Å². The van der Waals surface area contributed by atoms with Crippen LogP contribution in [0.15, 0.2) is 78.4 Å². The van der Waals surface area contributed by atoms with Gasteiger partial charge in [-0.05, 0) is 78.0 Å². The molecule has 9 heteroatoms. The summed E-state index contributed by atoms with van der Waals surface area (Å²) in [4.78, 5) is 4.54. The van der Waals surface area contributed by atoms with Crippen LogP contribution in [0.3, 0.4) is 0 Å². The van der Waals surface area contributed by atoms with E-state index < -0.39 is 26.7 Å². The fraction of sp³-hybridized carbons (Fsp3) is 0.355. The molecule has 2 heterocycles. The Bertz CT molecular complexity index is 1450. The SMILES string of the molecule is CS(=O)(=O)C(C=C1CN(C(c2ccc(Cl)cc2)c2ccc(C(CO)N3CCCC3)cc2)C1)c1cc(F)cc(F)c1. The highest BCUT2D eigenvalue weighted by atomic mass is 35.5. The third kappa shape index (κ3) is 6.47. The molecule has 2 fully saturated rings. The van der Waals surface area contributed by atoms with Gasteiger partial charge in [-0.1, -0.05) is 54.1 Å². The van der Waals surface area contributed by atoms with Gasteiger partial charge in [0.25, 0.3) is 0 Å². The Morgan fingerprint density at radius 2 is 1.38 bits per heavy atom. The Kier molecular flexibility index (Phi) is 8.73. The Morgan fingerprint density at radius 1 is 0.850 bits per heavy atom. The van der Waals surface area contributed by atoms with Gasteiger partial charge in [-0.2, -0.15) is 0 Å². The van der Waals surface area contributed by atoms with Crippen LogP contribution in [0.1, 0.15) is 52.4 Å². The lowest BCUT2D eigenvalue weighted by Gasteiger charge is -2.41. The molecular weight excluding hydrogens is 554 g/mol. The number of aliphatic hydroxyl groups is 1. The predicted molar refractivity (Wildman–Crippen MR) is 154 cm³/mol. The first kappa shape index (κ1) is 28.9. The van der Waals surface area contributed by atoms with Crippen molar-refractivity contribution >= 4 is 21.4 Å². The molecule has 2 aliphatic rings. The van der Waals surface area contributed by atoms with Crippen molar-refractivity contribution < 1.29 is 22.3 Å². The summed E-state index contributed by atoms with van der Waals surface area (Å²) in [6.07, 6.45) is 4.98. The van der Waals surface area contributed by atoms with Gasteiger partial charge in [0.05, 0.1) is 18.7 Å². The number of hydrogen-bond acceptors (Lipinski definition) is 5. The number of benzene rings is 3. The Balaban J connectivity index is 1.41. The standard InChI is InChI=1S/C31H33ClF2N2O3S/c1-40(38,39)30(25-15-27(33)17-28(34)16-25)14-21-18-36(19-21)31(24-8-10-26(32)11-9-24)23-6-4-22(5-7-23)29(20-37)35-12-2-3-13-35/h4-11,14-17,29-31,37H,2-3,12-13,18-20H2,1H3. The van der Waals surface area contributed by atoms with Crippen molar-refractivity contribution in [2.24, 2.45) is 0 Å². The molecule has 212 valence electrons. The molecule has 5 rings (SSSR count). The van der Waals surface area contributed by atoms with Crippen molar-refractivity contribution in [3.8, 4) is 0 Å². The molecule has 2 aliphatic heterocycles. The van der Waals surface area contributed by atoms with Gasteiger partial charge < -0.3 is 5.11 Å². The van der Waals surface area contributed by atoms with E-state index in [0.29, 0.717) is 18.1 Å². The van der Waals surface area contributed by atoms with Gasteiger partial charge in [0.15, 0.2) is 9.84 Å². The summed E-state index contributed by atoms with van der Waals surface area (Å²) in [6, 6.07) is 18.7. The summed E-state index contributed by atoms with van der Waals surface area (Å²) in [7, 11) is -3.66. The minimum atomic E-state index is -3.66. The number of rotatable bonds is 9. The van der Waals surface area contributed by atoms with Gasteiger partial charge in [-0.25, -0.2) is 17.2 Å². The highest BCUT2D eigenvalue weighted by Gasteiger charge is 2.33. The molecule has 40 heavy (non-hydrogen) atoms. The lowest BCUT2D eigenvalue weighted by Crippen LogP contribution is -2.43. The second kappa shape index (κ2) is 12.1. The summed E-state index contributed by atoms with van der Waals surface area (Å²) < 4.78 is 52.9. The molecule has 0 bridgehead atoms. The summed E-state index contributed by atoms with van der Waals surface area (Å²) in [5.41, 5.74) is 4.14. The van der Waals surface area contributed by atoms with Gasteiger partial charge in [-0.15, -0.1) is 0 Å². The van der Waals surface area contributed by atoms with Crippen LogP contribution in [-0.4, -0.2) is 62.4 Å². The summed E-state index contributed by atoms with van der Waals surface area (Å²) in [6.45, 7) is 3.05. The van der Waals surface area contributed by atoms with Crippen LogP contribution < -0.4 is 0 Å². The van der Waals surface area contributed by atoms with Crippen molar-refractivity contribution in [1.82, 2.24) is 9.80 Å². The Labute approximate surface area is 239 Å². The van der Waals surface area contributed by atoms with E-state index >= 15 is 0 Å². The Morgan fingerprint density at radius 3 is 1.90 bits per heavy atom. The minimum absolute atomic E-state index is 0.0235. The van der Waals surface area contributed by atoms with Crippen LogP contribution in [0.5, 0.6) is 0 Å². The number of sulfone groups is 1. The molecule has 3 unspecified atom stereocenters. The first-order chi connectivity index (χ1) is 19.1. The molecule has 3 aromatic carbocycles. The fourth-order valence-corrected chi connectivity index (χ4v) is 7.02. The quantitative estimate of drug-likeness (QED) is 0.318.